The summed E-state index contributed by atoms with van der Waals surface area (Å²) in [5, 5.41) is 15.8. The van der Waals surface area contributed by atoms with Crippen LogP contribution in [-0.2, 0) is 26.5 Å². The molecule has 0 aliphatic heterocycles. The van der Waals surface area contributed by atoms with Crippen LogP contribution in [0.5, 0.6) is 16.6 Å². The van der Waals surface area contributed by atoms with Crippen LogP contribution in [0, 0.1) is 0 Å². The Hall–Kier alpha value is -4.17. The van der Waals surface area contributed by atoms with Crippen molar-refractivity contribution in [1.29, 1.82) is 0 Å². The van der Waals surface area contributed by atoms with Crippen LogP contribution in [0.15, 0.2) is 66.9 Å². The molecule has 35 heavy (non-hydrogen) atoms. The zero-order valence-corrected chi connectivity index (χ0v) is 19.7. The van der Waals surface area contributed by atoms with Gasteiger partial charge in [0.05, 0.1) is 28.7 Å². The summed E-state index contributed by atoms with van der Waals surface area (Å²) in [6.45, 7) is 0.356. The maximum Gasteiger partial charge on any atom is 0.346 e. The lowest BCUT2D eigenvalue weighted by Crippen LogP contribution is -2.08. The van der Waals surface area contributed by atoms with Gasteiger partial charge in [-0.2, -0.15) is 5.10 Å². The molecule has 7 nitrogen and oxygen atoms in total. The number of fused-ring (bicyclic) bond motifs is 4. The number of thiophene rings is 1. The molecule has 6 rings (SSSR count). The van der Waals surface area contributed by atoms with E-state index in [1.807, 2.05) is 73.9 Å². The molecule has 0 saturated heterocycles. The maximum atomic E-state index is 11.9. The second kappa shape index (κ2) is 8.56. The average Bonchev–Trinajstić information content (AvgIpc) is 3.44. The Bertz CT molecular complexity index is 1570. The Kier molecular flexibility index (Phi) is 5.22. The lowest BCUT2D eigenvalue weighted by Gasteiger charge is -2.16. The van der Waals surface area contributed by atoms with Gasteiger partial charge in [0.1, 0.15) is 23.0 Å². The molecular formula is C27H21N3O4S. The van der Waals surface area contributed by atoms with Gasteiger partial charge in [0.2, 0.25) is 0 Å². The Labute approximate surface area is 205 Å². The molecule has 3 heterocycles. The number of pyridine rings is 1. The molecule has 0 saturated carbocycles. The number of para-hydroxylation sites is 1. The molecule has 0 fully saturated rings. The van der Waals surface area contributed by atoms with Gasteiger partial charge in [-0.25, -0.2) is 9.78 Å². The zero-order valence-electron chi connectivity index (χ0n) is 18.9. The van der Waals surface area contributed by atoms with Crippen molar-refractivity contribution in [1.82, 2.24) is 14.8 Å². The third-order valence-electron chi connectivity index (χ3n) is 6.14. The standard InChI is InChI=1S/C27H21N3O4S/c1-30-24-17(14-28-30)7-13-21-23(24)27(35-25(21)26(31)32)34-20-11-9-19(10-12-20)33-15-18-8-6-16-4-2-3-5-22(16)29-18/h2-6,8-12,14H,7,13,15H2,1H3,(H,31,32). The number of carbonyl (C=O) groups is 1. The van der Waals surface area contributed by atoms with Crippen molar-refractivity contribution in [3.63, 3.8) is 0 Å². The van der Waals surface area contributed by atoms with Gasteiger partial charge in [0.15, 0.2) is 5.06 Å². The number of carboxylic acid groups (broad SMARTS) is 1. The average molecular weight is 484 g/mol. The molecule has 1 aliphatic rings. The van der Waals surface area contributed by atoms with Crippen molar-refractivity contribution in [2.24, 2.45) is 7.05 Å². The van der Waals surface area contributed by atoms with E-state index in [2.05, 4.69) is 10.1 Å². The van der Waals surface area contributed by atoms with Crippen LogP contribution in [0.1, 0.15) is 26.5 Å². The predicted molar refractivity (Wildman–Crippen MR) is 133 cm³/mol. The number of benzene rings is 2. The van der Waals surface area contributed by atoms with Gasteiger partial charge >= 0.3 is 5.97 Å². The lowest BCUT2D eigenvalue weighted by atomic mass is 9.92. The van der Waals surface area contributed by atoms with E-state index in [0.717, 1.165) is 56.7 Å². The minimum Gasteiger partial charge on any atom is -0.487 e. The first-order valence-electron chi connectivity index (χ1n) is 11.2. The number of hydrogen-bond acceptors (Lipinski definition) is 6. The molecule has 0 unspecified atom stereocenters. The van der Waals surface area contributed by atoms with Crippen molar-refractivity contribution in [2.45, 2.75) is 19.4 Å². The van der Waals surface area contributed by atoms with Gasteiger partial charge in [-0.15, -0.1) is 0 Å². The minimum absolute atomic E-state index is 0.324. The number of hydrogen-bond donors (Lipinski definition) is 1. The summed E-state index contributed by atoms with van der Waals surface area (Å²) in [5.74, 6) is 0.370. The van der Waals surface area contributed by atoms with Crippen LogP contribution < -0.4 is 9.47 Å². The minimum atomic E-state index is -0.933. The fourth-order valence-corrected chi connectivity index (χ4v) is 5.53. The van der Waals surface area contributed by atoms with E-state index in [1.165, 1.54) is 0 Å². The number of aryl methyl sites for hydroxylation is 2. The monoisotopic (exact) mass is 483 g/mol. The van der Waals surface area contributed by atoms with Crippen molar-refractivity contribution in [3.8, 4) is 27.8 Å². The van der Waals surface area contributed by atoms with E-state index in [9.17, 15) is 9.90 Å². The predicted octanol–water partition coefficient (Wildman–Crippen LogP) is 5.86. The molecule has 1 N–H and O–H groups in total. The molecule has 1 aliphatic carbocycles. The van der Waals surface area contributed by atoms with E-state index in [0.29, 0.717) is 34.5 Å². The third-order valence-corrected chi connectivity index (χ3v) is 7.24. The van der Waals surface area contributed by atoms with Gasteiger partial charge in [-0.1, -0.05) is 35.6 Å². The van der Waals surface area contributed by atoms with E-state index in [4.69, 9.17) is 9.47 Å². The van der Waals surface area contributed by atoms with Crippen LogP contribution in [-0.4, -0.2) is 25.8 Å². The number of aromatic carboxylic acids is 1. The molecule has 0 atom stereocenters. The van der Waals surface area contributed by atoms with Gasteiger partial charge in [-0.3, -0.25) is 4.68 Å². The Morgan fingerprint density at radius 1 is 1.06 bits per heavy atom. The topological polar surface area (TPSA) is 86.5 Å². The third kappa shape index (κ3) is 3.91. The highest BCUT2D eigenvalue weighted by Crippen LogP contribution is 2.48. The fraction of sp³-hybridized carbons (Fsp3) is 0.148. The van der Waals surface area contributed by atoms with Crippen LogP contribution in [0.25, 0.3) is 22.2 Å². The molecule has 0 spiro atoms. The Morgan fingerprint density at radius 2 is 1.86 bits per heavy atom. The molecule has 2 aromatic carbocycles. The largest absolute Gasteiger partial charge is 0.487 e. The van der Waals surface area contributed by atoms with E-state index >= 15 is 0 Å². The summed E-state index contributed by atoms with van der Waals surface area (Å²) in [6.07, 6.45) is 3.27. The summed E-state index contributed by atoms with van der Waals surface area (Å²) >= 11 is 1.16. The first kappa shape index (κ1) is 21.4. The van der Waals surface area contributed by atoms with Gasteiger partial charge < -0.3 is 14.6 Å². The molecule has 5 aromatic rings. The molecule has 0 amide bonds. The highest BCUT2D eigenvalue weighted by atomic mass is 32.1. The zero-order chi connectivity index (χ0) is 23.9. The summed E-state index contributed by atoms with van der Waals surface area (Å²) in [5.41, 5.74) is 5.46. The van der Waals surface area contributed by atoms with Crippen LogP contribution in [0.4, 0.5) is 0 Å². The second-order valence-corrected chi connectivity index (χ2v) is 9.36. The molecule has 3 aromatic heterocycles. The molecule has 0 bridgehead atoms. The van der Waals surface area contributed by atoms with Gasteiger partial charge in [-0.05, 0) is 60.4 Å². The smallest absolute Gasteiger partial charge is 0.346 e. The van der Waals surface area contributed by atoms with Crippen LogP contribution in [0.2, 0.25) is 0 Å². The van der Waals surface area contributed by atoms with Crippen molar-refractivity contribution >= 4 is 28.2 Å². The second-order valence-electron chi connectivity index (χ2n) is 8.38. The molecule has 8 heteroatoms. The van der Waals surface area contributed by atoms with E-state index < -0.39 is 5.97 Å². The van der Waals surface area contributed by atoms with Crippen LogP contribution in [0.3, 0.4) is 0 Å². The number of nitrogens with zero attached hydrogens (tertiary/aromatic N) is 3. The summed E-state index contributed by atoms with van der Waals surface area (Å²) in [4.78, 5) is 16.9. The fourth-order valence-electron chi connectivity index (χ4n) is 4.47. The van der Waals surface area contributed by atoms with Gasteiger partial charge in [0.25, 0.3) is 0 Å². The Balaban J connectivity index is 1.22. The first-order valence-corrected chi connectivity index (χ1v) is 12.0. The van der Waals surface area contributed by atoms with Crippen LogP contribution >= 0.6 is 11.3 Å². The van der Waals surface area contributed by atoms with Crippen molar-refractivity contribution in [3.05, 3.63) is 88.6 Å². The quantitative estimate of drug-likeness (QED) is 0.325. The number of carboxylic acids is 1. The molecular weight excluding hydrogens is 462 g/mol. The molecule has 174 valence electrons. The van der Waals surface area contributed by atoms with Crippen molar-refractivity contribution < 1.29 is 19.4 Å². The summed E-state index contributed by atoms with van der Waals surface area (Å²) in [6, 6.07) is 19.3. The first-order chi connectivity index (χ1) is 17.1. The summed E-state index contributed by atoms with van der Waals surface area (Å²) in [7, 11) is 1.87. The van der Waals surface area contributed by atoms with Crippen molar-refractivity contribution in [2.75, 3.05) is 0 Å². The number of aromatic nitrogens is 3. The Morgan fingerprint density at radius 3 is 2.69 bits per heavy atom. The van der Waals surface area contributed by atoms with Gasteiger partial charge in [0, 0.05) is 12.4 Å². The van der Waals surface area contributed by atoms with E-state index in [1.54, 1.807) is 4.68 Å². The maximum absolute atomic E-state index is 11.9. The highest BCUT2D eigenvalue weighted by molar-refractivity contribution is 7.16. The van der Waals surface area contributed by atoms with E-state index in [-0.39, 0.29) is 0 Å². The molecule has 0 radical (unpaired) electrons. The lowest BCUT2D eigenvalue weighted by molar-refractivity contribution is 0.0701. The summed E-state index contributed by atoms with van der Waals surface area (Å²) < 4.78 is 13.9. The SMILES string of the molecule is Cn1ncc2c1-c1c(Oc3ccc(OCc4ccc5ccccc5n4)cc3)sc(C(=O)O)c1CC2. The number of ether oxygens (including phenoxy) is 2. The normalized spacial score (nSPS) is 12.3. The highest BCUT2D eigenvalue weighted by Gasteiger charge is 2.31. The number of rotatable bonds is 6.